The molecule has 1 unspecified atom stereocenters. The Morgan fingerprint density at radius 1 is 1.50 bits per heavy atom. The van der Waals surface area contributed by atoms with Crippen molar-refractivity contribution in [1.82, 2.24) is 8.75 Å². The fourth-order valence-corrected chi connectivity index (χ4v) is 5.10. The summed E-state index contributed by atoms with van der Waals surface area (Å²) in [6, 6.07) is 0. The van der Waals surface area contributed by atoms with Crippen molar-refractivity contribution in [3.63, 3.8) is 0 Å². The Morgan fingerprint density at radius 3 is 2.81 bits per heavy atom. The second kappa shape index (κ2) is 4.67. The first-order valence-electron chi connectivity index (χ1n) is 4.51. The van der Waals surface area contributed by atoms with E-state index in [-0.39, 0.29) is 5.15 Å². The summed E-state index contributed by atoms with van der Waals surface area (Å²) in [7, 11) is -3.13. The molecule has 16 heavy (non-hydrogen) atoms. The number of anilines is 1. The van der Waals surface area contributed by atoms with Crippen molar-refractivity contribution in [1.29, 1.82) is 0 Å². The van der Waals surface area contributed by atoms with Crippen molar-refractivity contribution in [3.05, 3.63) is 5.15 Å². The molecule has 1 aromatic heterocycles. The van der Waals surface area contributed by atoms with Crippen molar-refractivity contribution in [2.75, 3.05) is 29.2 Å². The molecule has 0 saturated carbocycles. The molecular formula is C7H10ClN3O2S3. The van der Waals surface area contributed by atoms with Gasteiger partial charge in [-0.15, -0.1) is 0 Å². The molecule has 0 spiro atoms. The maximum Gasteiger partial charge on any atom is 0.187 e. The van der Waals surface area contributed by atoms with Gasteiger partial charge in [0.1, 0.15) is 5.37 Å². The molecule has 2 rings (SSSR count). The number of hydrogen-bond donors (Lipinski definition) is 0. The van der Waals surface area contributed by atoms with Gasteiger partial charge in [-0.25, -0.2) is 8.42 Å². The first-order chi connectivity index (χ1) is 7.50. The van der Waals surface area contributed by atoms with E-state index in [1.165, 1.54) is 6.26 Å². The molecule has 0 aliphatic carbocycles. The Labute approximate surface area is 107 Å². The number of thioether (sulfide) groups is 1. The summed E-state index contributed by atoms with van der Waals surface area (Å²) in [4.78, 5) is 1.73. The number of sulfone groups is 1. The van der Waals surface area contributed by atoms with Crippen LogP contribution < -0.4 is 4.90 Å². The normalized spacial score (nSPS) is 22.4. The monoisotopic (exact) mass is 299 g/mol. The second-order valence-corrected chi connectivity index (χ2v) is 7.67. The maximum atomic E-state index is 11.7. The molecule has 9 heteroatoms. The van der Waals surface area contributed by atoms with Crippen LogP contribution in [0.2, 0.25) is 5.15 Å². The quantitative estimate of drug-likeness (QED) is 0.815. The second-order valence-electron chi connectivity index (χ2n) is 3.43. The van der Waals surface area contributed by atoms with Gasteiger partial charge in [-0.3, -0.25) is 0 Å². The van der Waals surface area contributed by atoms with Gasteiger partial charge in [0.2, 0.25) is 0 Å². The van der Waals surface area contributed by atoms with E-state index >= 15 is 0 Å². The fraction of sp³-hybridized carbons (Fsp3) is 0.714. The average molecular weight is 300 g/mol. The van der Waals surface area contributed by atoms with Gasteiger partial charge < -0.3 is 4.90 Å². The van der Waals surface area contributed by atoms with E-state index in [2.05, 4.69) is 8.75 Å². The Balaban J connectivity index is 2.34. The summed E-state index contributed by atoms with van der Waals surface area (Å²) in [5.41, 5.74) is 0. The first-order valence-corrected chi connectivity index (χ1v) is 8.73. The van der Waals surface area contributed by atoms with Crippen molar-refractivity contribution in [2.45, 2.75) is 5.37 Å². The largest absolute Gasteiger partial charge is 0.335 e. The zero-order valence-corrected chi connectivity index (χ0v) is 11.7. The third-order valence-corrected chi connectivity index (χ3v) is 5.80. The minimum Gasteiger partial charge on any atom is -0.335 e. The van der Waals surface area contributed by atoms with Crippen LogP contribution in [-0.4, -0.2) is 46.8 Å². The molecule has 1 fully saturated rings. The maximum absolute atomic E-state index is 11.7. The smallest absolute Gasteiger partial charge is 0.187 e. The summed E-state index contributed by atoms with van der Waals surface area (Å²) in [5, 5.41) is -0.266. The minimum atomic E-state index is -3.13. The van der Waals surface area contributed by atoms with E-state index in [0.29, 0.717) is 18.1 Å². The Hall–Kier alpha value is -0.0500. The van der Waals surface area contributed by atoms with Gasteiger partial charge in [0.15, 0.2) is 20.8 Å². The number of nitrogens with zero attached hydrogens (tertiary/aromatic N) is 3. The van der Waals surface area contributed by atoms with Crippen LogP contribution in [0, 0.1) is 0 Å². The lowest BCUT2D eigenvalue weighted by Gasteiger charge is -2.33. The van der Waals surface area contributed by atoms with E-state index in [4.69, 9.17) is 11.6 Å². The van der Waals surface area contributed by atoms with Crippen LogP contribution in [0.1, 0.15) is 0 Å². The van der Waals surface area contributed by atoms with E-state index in [9.17, 15) is 8.42 Å². The molecule has 0 aromatic carbocycles. The zero-order valence-electron chi connectivity index (χ0n) is 8.46. The Kier molecular flexibility index (Phi) is 3.62. The highest BCUT2D eigenvalue weighted by Gasteiger charge is 2.33. The molecule has 0 N–H and O–H groups in total. The van der Waals surface area contributed by atoms with E-state index in [1.54, 1.807) is 16.7 Å². The van der Waals surface area contributed by atoms with Gasteiger partial charge in [0.05, 0.1) is 11.7 Å². The average Bonchev–Trinajstić information content (AvgIpc) is 2.63. The van der Waals surface area contributed by atoms with Crippen LogP contribution in [0.25, 0.3) is 0 Å². The van der Waals surface area contributed by atoms with Crippen molar-refractivity contribution < 1.29 is 8.42 Å². The number of aromatic nitrogens is 2. The first kappa shape index (κ1) is 12.4. The summed E-state index contributed by atoms with van der Waals surface area (Å²) >= 11 is 8.51. The van der Waals surface area contributed by atoms with Gasteiger partial charge in [-0.1, -0.05) is 11.6 Å². The van der Waals surface area contributed by atoms with Crippen LogP contribution in [0.15, 0.2) is 0 Å². The molecule has 90 valence electrons. The number of halogens is 1. The molecule has 1 aliphatic heterocycles. The fourth-order valence-electron chi connectivity index (χ4n) is 1.52. The molecular weight excluding hydrogens is 290 g/mol. The molecule has 1 saturated heterocycles. The van der Waals surface area contributed by atoms with Gasteiger partial charge in [-0.05, 0) is 0 Å². The third kappa shape index (κ3) is 2.44. The van der Waals surface area contributed by atoms with Crippen LogP contribution >= 0.6 is 35.1 Å². The van der Waals surface area contributed by atoms with E-state index in [1.807, 2.05) is 0 Å². The molecule has 5 nitrogen and oxygen atoms in total. The molecule has 2 heterocycles. The van der Waals surface area contributed by atoms with Gasteiger partial charge in [0.25, 0.3) is 0 Å². The lowest BCUT2D eigenvalue weighted by molar-refractivity contribution is 0.584. The lowest BCUT2D eigenvalue weighted by atomic mass is 10.5. The van der Waals surface area contributed by atoms with Crippen LogP contribution in [0.5, 0.6) is 0 Å². The van der Waals surface area contributed by atoms with Crippen molar-refractivity contribution in [3.8, 4) is 0 Å². The van der Waals surface area contributed by atoms with Crippen LogP contribution in [-0.2, 0) is 9.84 Å². The summed E-state index contributed by atoms with van der Waals surface area (Å²) < 4.78 is 31.2. The molecule has 1 atom stereocenters. The zero-order chi connectivity index (χ0) is 11.8. The van der Waals surface area contributed by atoms with Gasteiger partial charge >= 0.3 is 0 Å². The molecule has 0 amide bonds. The highest BCUT2D eigenvalue weighted by Crippen LogP contribution is 2.30. The highest BCUT2D eigenvalue weighted by molar-refractivity contribution is 8.01. The van der Waals surface area contributed by atoms with Crippen molar-refractivity contribution >= 4 is 50.7 Å². The van der Waals surface area contributed by atoms with E-state index in [0.717, 1.165) is 17.5 Å². The minimum absolute atomic E-state index is 0.283. The van der Waals surface area contributed by atoms with Crippen molar-refractivity contribution in [2.24, 2.45) is 0 Å². The molecule has 1 aromatic rings. The van der Waals surface area contributed by atoms with Gasteiger partial charge in [-0.2, -0.15) is 20.5 Å². The van der Waals surface area contributed by atoms with Crippen LogP contribution in [0.3, 0.4) is 0 Å². The lowest BCUT2D eigenvalue weighted by Crippen LogP contribution is -2.47. The highest BCUT2D eigenvalue weighted by atomic mass is 35.5. The molecule has 1 aliphatic rings. The summed E-state index contributed by atoms with van der Waals surface area (Å²) in [6.07, 6.45) is 1.24. The SMILES string of the molecule is CS(=O)(=O)C1CSCCN1c1nsnc1Cl. The third-order valence-electron chi connectivity index (χ3n) is 2.28. The summed E-state index contributed by atoms with van der Waals surface area (Å²) in [5.74, 6) is 1.91. The Bertz CT molecular complexity index is 475. The number of rotatable bonds is 2. The predicted octanol–water partition coefficient (Wildman–Crippen LogP) is 1.12. The van der Waals surface area contributed by atoms with E-state index < -0.39 is 15.2 Å². The molecule has 0 bridgehead atoms. The standard InChI is InChI=1S/C7H10ClN3O2S3/c1-16(12,13)5-4-14-3-2-11(5)7-6(8)9-15-10-7/h5H,2-4H2,1H3. The van der Waals surface area contributed by atoms with Gasteiger partial charge in [0, 0.05) is 24.3 Å². The molecule has 0 radical (unpaired) electrons. The number of hydrogen-bond acceptors (Lipinski definition) is 7. The van der Waals surface area contributed by atoms with Crippen LogP contribution in [0.4, 0.5) is 5.82 Å². The summed E-state index contributed by atoms with van der Waals surface area (Å²) in [6.45, 7) is 0.632. The predicted molar refractivity (Wildman–Crippen MR) is 68.2 cm³/mol. The topological polar surface area (TPSA) is 63.2 Å². The Morgan fingerprint density at radius 2 is 2.25 bits per heavy atom.